The molecular weight excluding hydrogens is 230 g/mol. The number of methoxy groups -OCH3 is 1. The number of rotatable bonds is 7. The van der Waals surface area contributed by atoms with E-state index < -0.39 is 0 Å². The number of amides is 1. The number of carbonyl (C=O) groups excluding carboxylic acids is 1. The van der Waals surface area contributed by atoms with Gasteiger partial charge in [0.25, 0.3) is 0 Å². The predicted octanol–water partition coefficient (Wildman–Crippen LogP) is 0.165. The lowest BCUT2D eigenvalue weighted by atomic mass is 10.3. The summed E-state index contributed by atoms with van der Waals surface area (Å²) in [5.74, 6) is 0.137. The van der Waals surface area contributed by atoms with Crippen molar-refractivity contribution in [2.45, 2.75) is 26.3 Å². The molecule has 1 fully saturated rings. The number of piperazine rings is 1. The highest BCUT2D eigenvalue weighted by Gasteiger charge is 2.18. The van der Waals surface area contributed by atoms with E-state index in [0.717, 1.165) is 45.8 Å². The zero-order valence-electron chi connectivity index (χ0n) is 11.9. The Balaban J connectivity index is 2.13. The van der Waals surface area contributed by atoms with E-state index in [1.807, 2.05) is 13.8 Å². The molecule has 0 aromatic heterocycles. The van der Waals surface area contributed by atoms with Crippen molar-refractivity contribution < 1.29 is 9.53 Å². The van der Waals surface area contributed by atoms with Gasteiger partial charge in [-0.1, -0.05) is 0 Å². The molecule has 1 aliphatic heterocycles. The first-order valence-corrected chi connectivity index (χ1v) is 6.85. The van der Waals surface area contributed by atoms with Crippen molar-refractivity contribution in [2.24, 2.45) is 0 Å². The van der Waals surface area contributed by atoms with Crippen molar-refractivity contribution in [1.82, 2.24) is 15.1 Å². The molecule has 5 heteroatoms. The van der Waals surface area contributed by atoms with Crippen molar-refractivity contribution in [3.63, 3.8) is 0 Å². The van der Waals surface area contributed by atoms with Gasteiger partial charge in [0, 0.05) is 52.5 Å². The van der Waals surface area contributed by atoms with E-state index in [9.17, 15) is 4.79 Å². The summed E-state index contributed by atoms with van der Waals surface area (Å²) in [6, 6.07) is 0.229. The van der Waals surface area contributed by atoms with Crippen LogP contribution in [0.25, 0.3) is 0 Å². The van der Waals surface area contributed by atoms with E-state index in [2.05, 4.69) is 15.1 Å². The van der Waals surface area contributed by atoms with Crippen molar-refractivity contribution in [1.29, 1.82) is 0 Å². The van der Waals surface area contributed by atoms with E-state index in [-0.39, 0.29) is 11.9 Å². The van der Waals surface area contributed by atoms with Crippen LogP contribution in [0.1, 0.15) is 20.3 Å². The van der Waals surface area contributed by atoms with Crippen molar-refractivity contribution >= 4 is 5.91 Å². The monoisotopic (exact) mass is 257 g/mol. The van der Waals surface area contributed by atoms with Gasteiger partial charge in [0.2, 0.25) is 5.91 Å². The van der Waals surface area contributed by atoms with Crippen LogP contribution in [0, 0.1) is 0 Å². The summed E-state index contributed by atoms with van der Waals surface area (Å²) < 4.78 is 5.05. The Kier molecular flexibility index (Phi) is 7.23. The average molecular weight is 257 g/mol. The summed E-state index contributed by atoms with van der Waals surface area (Å²) in [5, 5.41) is 2.93. The molecule has 0 aromatic rings. The largest absolute Gasteiger partial charge is 0.385 e. The van der Waals surface area contributed by atoms with Gasteiger partial charge in [0.15, 0.2) is 0 Å². The Labute approximate surface area is 110 Å². The molecule has 106 valence electrons. The molecule has 0 bridgehead atoms. The van der Waals surface area contributed by atoms with Crippen molar-refractivity contribution in [2.75, 3.05) is 53.0 Å². The fourth-order valence-corrected chi connectivity index (χ4v) is 2.17. The fraction of sp³-hybridized carbons (Fsp3) is 0.923. The van der Waals surface area contributed by atoms with E-state index in [1.165, 1.54) is 0 Å². The van der Waals surface area contributed by atoms with Gasteiger partial charge >= 0.3 is 0 Å². The van der Waals surface area contributed by atoms with Crippen LogP contribution in [-0.2, 0) is 9.53 Å². The molecule has 0 saturated carbocycles. The van der Waals surface area contributed by atoms with Gasteiger partial charge < -0.3 is 15.0 Å². The van der Waals surface area contributed by atoms with Crippen LogP contribution in [0.4, 0.5) is 0 Å². The third kappa shape index (κ3) is 6.33. The number of hydrogen-bond donors (Lipinski definition) is 1. The van der Waals surface area contributed by atoms with Crippen molar-refractivity contribution in [3.05, 3.63) is 0 Å². The number of hydrogen-bond acceptors (Lipinski definition) is 4. The second-order valence-corrected chi connectivity index (χ2v) is 5.19. The van der Waals surface area contributed by atoms with Crippen LogP contribution in [0.5, 0.6) is 0 Å². The Morgan fingerprint density at radius 1 is 1.22 bits per heavy atom. The second-order valence-electron chi connectivity index (χ2n) is 5.19. The van der Waals surface area contributed by atoms with Gasteiger partial charge in [-0.2, -0.15) is 0 Å². The zero-order valence-corrected chi connectivity index (χ0v) is 11.9. The van der Waals surface area contributed by atoms with Gasteiger partial charge in [-0.25, -0.2) is 0 Å². The molecule has 0 atom stereocenters. The molecule has 1 aliphatic rings. The Morgan fingerprint density at radius 2 is 1.83 bits per heavy atom. The summed E-state index contributed by atoms with van der Waals surface area (Å²) in [7, 11) is 1.74. The highest BCUT2D eigenvalue weighted by atomic mass is 16.5. The van der Waals surface area contributed by atoms with Gasteiger partial charge in [0.1, 0.15) is 0 Å². The lowest BCUT2D eigenvalue weighted by Gasteiger charge is -2.34. The molecule has 18 heavy (non-hydrogen) atoms. The lowest BCUT2D eigenvalue weighted by Crippen LogP contribution is -2.50. The van der Waals surface area contributed by atoms with Crippen LogP contribution in [-0.4, -0.2) is 74.7 Å². The number of nitrogens with zero attached hydrogens (tertiary/aromatic N) is 2. The number of carbonyl (C=O) groups is 1. The molecule has 5 nitrogen and oxygen atoms in total. The molecule has 1 N–H and O–H groups in total. The first-order valence-electron chi connectivity index (χ1n) is 6.85. The average Bonchev–Trinajstić information content (AvgIpc) is 2.30. The molecule has 1 amide bonds. The molecule has 0 spiro atoms. The van der Waals surface area contributed by atoms with E-state index in [0.29, 0.717) is 6.54 Å². The molecule has 0 aromatic carbocycles. The Hall–Kier alpha value is -0.650. The number of ether oxygens (including phenoxy) is 1. The molecule has 0 aliphatic carbocycles. The summed E-state index contributed by atoms with van der Waals surface area (Å²) in [6.45, 7) is 10.5. The minimum Gasteiger partial charge on any atom is -0.385 e. The minimum atomic E-state index is 0.137. The van der Waals surface area contributed by atoms with Crippen LogP contribution >= 0.6 is 0 Å². The maximum Gasteiger partial charge on any atom is 0.234 e. The van der Waals surface area contributed by atoms with E-state index >= 15 is 0 Å². The van der Waals surface area contributed by atoms with Crippen LogP contribution in [0.15, 0.2) is 0 Å². The maximum atomic E-state index is 11.6. The smallest absolute Gasteiger partial charge is 0.234 e. The van der Waals surface area contributed by atoms with Gasteiger partial charge in [-0.05, 0) is 20.3 Å². The highest BCUT2D eigenvalue weighted by molar-refractivity contribution is 5.78. The fourth-order valence-electron chi connectivity index (χ4n) is 2.17. The molecule has 1 rings (SSSR count). The molecule has 0 unspecified atom stereocenters. The normalized spacial score (nSPS) is 18.2. The maximum absolute atomic E-state index is 11.6. The van der Waals surface area contributed by atoms with Crippen LogP contribution < -0.4 is 5.32 Å². The quantitative estimate of drug-likeness (QED) is 0.660. The van der Waals surface area contributed by atoms with Gasteiger partial charge in [0.05, 0.1) is 6.54 Å². The summed E-state index contributed by atoms with van der Waals surface area (Å²) in [5.41, 5.74) is 0. The van der Waals surface area contributed by atoms with E-state index in [1.54, 1.807) is 7.11 Å². The zero-order chi connectivity index (χ0) is 13.4. The molecular formula is C13H27N3O2. The highest BCUT2D eigenvalue weighted by Crippen LogP contribution is 2.02. The molecule has 1 saturated heterocycles. The Morgan fingerprint density at radius 3 is 2.39 bits per heavy atom. The van der Waals surface area contributed by atoms with Gasteiger partial charge in [-0.3, -0.25) is 9.69 Å². The van der Waals surface area contributed by atoms with Crippen molar-refractivity contribution in [3.8, 4) is 0 Å². The SMILES string of the molecule is COCCCN1CCN(CC(=O)NC(C)C)CC1. The first kappa shape index (κ1) is 15.4. The molecule has 1 heterocycles. The first-order chi connectivity index (χ1) is 8.61. The van der Waals surface area contributed by atoms with E-state index in [4.69, 9.17) is 4.74 Å². The molecule has 0 radical (unpaired) electrons. The Bertz CT molecular complexity index is 238. The third-order valence-corrected chi connectivity index (χ3v) is 3.10. The topological polar surface area (TPSA) is 44.8 Å². The third-order valence-electron chi connectivity index (χ3n) is 3.10. The predicted molar refractivity (Wildman–Crippen MR) is 72.7 cm³/mol. The van der Waals surface area contributed by atoms with Gasteiger partial charge in [-0.15, -0.1) is 0 Å². The standard InChI is InChI=1S/C13H27N3O2/c1-12(2)14-13(17)11-16-8-6-15(7-9-16)5-4-10-18-3/h12H,4-11H2,1-3H3,(H,14,17). The lowest BCUT2D eigenvalue weighted by molar-refractivity contribution is -0.123. The summed E-state index contributed by atoms with van der Waals surface area (Å²) in [4.78, 5) is 16.3. The second kappa shape index (κ2) is 8.45. The summed E-state index contributed by atoms with van der Waals surface area (Å²) in [6.07, 6.45) is 1.09. The van der Waals surface area contributed by atoms with Crippen LogP contribution in [0.3, 0.4) is 0 Å². The summed E-state index contributed by atoms with van der Waals surface area (Å²) >= 11 is 0. The van der Waals surface area contributed by atoms with Crippen LogP contribution in [0.2, 0.25) is 0 Å². The minimum absolute atomic E-state index is 0.137. The number of nitrogens with one attached hydrogen (secondary N) is 1.